The van der Waals surface area contributed by atoms with Crippen LogP contribution in [0.4, 0.5) is 0 Å². The first-order chi connectivity index (χ1) is 12.7. The van der Waals surface area contributed by atoms with Crippen LogP contribution in [0.25, 0.3) is 0 Å². The largest absolute Gasteiger partial charge is 0.357 e. The smallest absolute Gasteiger partial charge is 0.191 e. The van der Waals surface area contributed by atoms with Crippen LogP contribution in [0.15, 0.2) is 4.99 Å². The molecule has 1 saturated carbocycles. The van der Waals surface area contributed by atoms with E-state index in [2.05, 4.69) is 29.4 Å². The second-order valence-corrected chi connectivity index (χ2v) is 9.81. The summed E-state index contributed by atoms with van der Waals surface area (Å²) in [4.78, 5) is 7.48. The zero-order valence-corrected chi connectivity index (χ0v) is 20.7. The van der Waals surface area contributed by atoms with E-state index in [-0.39, 0.29) is 24.0 Å². The van der Waals surface area contributed by atoms with Gasteiger partial charge in [0.25, 0.3) is 0 Å². The second-order valence-electron chi connectivity index (χ2n) is 7.80. The third-order valence-electron chi connectivity index (χ3n) is 5.72. The van der Waals surface area contributed by atoms with Crippen LogP contribution in [0, 0.1) is 5.92 Å². The Morgan fingerprint density at radius 3 is 2.52 bits per heavy atom. The topological polar surface area (TPSA) is 56.7 Å². The van der Waals surface area contributed by atoms with Crippen molar-refractivity contribution in [3.8, 4) is 0 Å². The van der Waals surface area contributed by atoms with Crippen LogP contribution in [0.3, 0.4) is 0 Å². The summed E-state index contributed by atoms with van der Waals surface area (Å²) in [6.07, 6.45) is 8.25. The molecule has 2 rings (SSSR count). The Hall–Kier alpha value is 0.110. The molecule has 0 spiro atoms. The highest BCUT2D eigenvalue weighted by Gasteiger charge is 2.26. The number of nitrogens with one attached hydrogen (secondary N) is 2. The molecule has 0 aromatic heterocycles. The summed E-state index contributed by atoms with van der Waals surface area (Å²) < 4.78 is 12.2. The van der Waals surface area contributed by atoms with Gasteiger partial charge in [-0.05, 0) is 71.0 Å². The number of halogens is 1. The molecule has 1 aliphatic carbocycles. The van der Waals surface area contributed by atoms with Crippen molar-refractivity contribution in [3.63, 3.8) is 0 Å². The molecule has 3 atom stereocenters. The van der Waals surface area contributed by atoms with E-state index in [9.17, 15) is 4.21 Å². The number of guanidine groups is 1. The van der Waals surface area contributed by atoms with E-state index in [1.165, 1.54) is 45.3 Å². The van der Waals surface area contributed by atoms with E-state index >= 15 is 0 Å². The number of hydrogen-bond donors (Lipinski definition) is 2. The maximum atomic E-state index is 12.2. The number of piperidine rings is 1. The lowest BCUT2D eigenvalue weighted by Gasteiger charge is -2.32. The molecule has 0 radical (unpaired) electrons. The van der Waals surface area contributed by atoms with E-state index in [1.54, 1.807) is 0 Å². The molecule has 0 bridgehead atoms. The van der Waals surface area contributed by atoms with Gasteiger partial charge in [0.15, 0.2) is 5.96 Å². The van der Waals surface area contributed by atoms with Crippen LogP contribution in [0.1, 0.15) is 65.7 Å². The Morgan fingerprint density at radius 1 is 1.15 bits per heavy atom. The Morgan fingerprint density at radius 2 is 1.89 bits per heavy atom. The summed E-state index contributed by atoms with van der Waals surface area (Å²) in [5.74, 6) is 2.45. The predicted octanol–water partition coefficient (Wildman–Crippen LogP) is 3.36. The van der Waals surface area contributed by atoms with E-state index < -0.39 is 10.8 Å². The Kier molecular flexibility index (Phi) is 13.2. The van der Waals surface area contributed by atoms with Gasteiger partial charge in [-0.1, -0.05) is 20.3 Å². The SMILES string of the molecule is CCCN1CCC(CN=C(NCC)NC2CCCC(S(=O)CC)C2)CC1.I. The van der Waals surface area contributed by atoms with Crippen molar-refractivity contribution in [2.45, 2.75) is 77.0 Å². The summed E-state index contributed by atoms with van der Waals surface area (Å²) in [6, 6.07) is 0.411. The highest BCUT2D eigenvalue weighted by atomic mass is 127. The fourth-order valence-electron chi connectivity index (χ4n) is 4.19. The van der Waals surface area contributed by atoms with Gasteiger partial charge in [-0.3, -0.25) is 9.20 Å². The molecule has 5 nitrogen and oxygen atoms in total. The molecule has 160 valence electrons. The zero-order chi connectivity index (χ0) is 18.8. The molecule has 1 heterocycles. The lowest BCUT2D eigenvalue weighted by molar-refractivity contribution is 0.188. The molecular formula is C20H41IN4OS. The minimum atomic E-state index is -0.671. The van der Waals surface area contributed by atoms with Gasteiger partial charge < -0.3 is 15.5 Å². The normalized spacial score (nSPS) is 26.3. The van der Waals surface area contributed by atoms with Crippen molar-refractivity contribution in [1.29, 1.82) is 0 Å². The van der Waals surface area contributed by atoms with E-state index in [4.69, 9.17) is 4.99 Å². The molecule has 2 aliphatic rings. The van der Waals surface area contributed by atoms with Crippen molar-refractivity contribution < 1.29 is 4.21 Å². The Balaban J connectivity index is 0.00000364. The maximum Gasteiger partial charge on any atom is 0.191 e. The number of nitrogens with zero attached hydrogens (tertiary/aromatic N) is 2. The first-order valence-electron chi connectivity index (χ1n) is 10.8. The standard InChI is InChI=1S/C20H40N4OS.HI/c1-4-12-24-13-10-17(11-14-24)16-22-20(21-5-2)23-18-8-7-9-19(15-18)26(25)6-3;/h17-19H,4-16H2,1-3H3,(H2,21,22,23);1H. The van der Waals surface area contributed by atoms with E-state index in [1.807, 2.05) is 6.92 Å². The Bertz CT molecular complexity index is 455. The van der Waals surface area contributed by atoms with Gasteiger partial charge in [0.2, 0.25) is 0 Å². The van der Waals surface area contributed by atoms with Crippen LogP contribution < -0.4 is 10.6 Å². The van der Waals surface area contributed by atoms with Crippen molar-refractivity contribution in [2.24, 2.45) is 10.9 Å². The van der Waals surface area contributed by atoms with Crippen LogP contribution >= 0.6 is 24.0 Å². The molecule has 7 heteroatoms. The minimum absolute atomic E-state index is 0. The maximum absolute atomic E-state index is 12.2. The van der Waals surface area contributed by atoms with Gasteiger partial charge in [-0.2, -0.15) is 0 Å². The van der Waals surface area contributed by atoms with Gasteiger partial charge in [-0.15, -0.1) is 24.0 Å². The highest BCUT2D eigenvalue weighted by Crippen LogP contribution is 2.23. The highest BCUT2D eigenvalue weighted by molar-refractivity contribution is 14.0. The molecule has 0 aromatic carbocycles. The summed E-state index contributed by atoms with van der Waals surface area (Å²) in [5, 5.41) is 7.40. The summed E-state index contributed by atoms with van der Waals surface area (Å²) in [7, 11) is -0.671. The summed E-state index contributed by atoms with van der Waals surface area (Å²) >= 11 is 0. The number of hydrogen-bond acceptors (Lipinski definition) is 3. The monoisotopic (exact) mass is 512 g/mol. The minimum Gasteiger partial charge on any atom is -0.357 e. The Labute approximate surface area is 186 Å². The quantitative estimate of drug-likeness (QED) is 0.298. The third kappa shape index (κ3) is 8.98. The fraction of sp³-hybridized carbons (Fsp3) is 0.950. The molecule has 2 N–H and O–H groups in total. The molecule has 1 saturated heterocycles. The van der Waals surface area contributed by atoms with Crippen LogP contribution in [-0.4, -0.2) is 64.8 Å². The van der Waals surface area contributed by atoms with Gasteiger partial charge in [-0.25, -0.2) is 0 Å². The number of rotatable bonds is 8. The molecule has 0 amide bonds. The molecule has 27 heavy (non-hydrogen) atoms. The van der Waals surface area contributed by atoms with Crippen molar-refractivity contribution in [1.82, 2.24) is 15.5 Å². The van der Waals surface area contributed by atoms with E-state index in [0.29, 0.717) is 17.2 Å². The lowest BCUT2D eigenvalue weighted by atomic mass is 9.95. The average Bonchev–Trinajstić information content (AvgIpc) is 2.67. The van der Waals surface area contributed by atoms with Crippen molar-refractivity contribution in [2.75, 3.05) is 38.5 Å². The number of likely N-dealkylation sites (tertiary alicyclic amines) is 1. The second kappa shape index (κ2) is 14.1. The molecule has 2 fully saturated rings. The van der Waals surface area contributed by atoms with Gasteiger partial charge in [0.1, 0.15) is 0 Å². The van der Waals surface area contributed by atoms with Gasteiger partial charge >= 0.3 is 0 Å². The van der Waals surface area contributed by atoms with Crippen LogP contribution in [0.5, 0.6) is 0 Å². The zero-order valence-electron chi connectivity index (χ0n) is 17.5. The summed E-state index contributed by atoms with van der Waals surface area (Å²) in [5.41, 5.74) is 0. The molecule has 0 aromatic rings. The molecule has 1 aliphatic heterocycles. The van der Waals surface area contributed by atoms with Gasteiger partial charge in [0.05, 0.1) is 0 Å². The van der Waals surface area contributed by atoms with Crippen LogP contribution in [-0.2, 0) is 10.8 Å². The average molecular weight is 513 g/mol. The molecule has 3 unspecified atom stereocenters. The van der Waals surface area contributed by atoms with E-state index in [0.717, 1.165) is 44.1 Å². The third-order valence-corrected chi connectivity index (χ3v) is 7.46. The van der Waals surface area contributed by atoms with Gasteiger partial charge in [0, 0.05) is 40.9 Å². The summed E-state index contributed by atoms with van der Waals surface area (Å²) in [6.45, 7) is 11.9. The van der Waals surface area contributed by atoms with Crippen molar-refractivity contribution >= 4 is 40.7 Å². The first-order valence-corrected chi connectivity index (χ1v) is 12.2. The fourth-order valence-corrected chi connectivity index (χ4v) is 5.54. The molecular weight excluding hydrogens is 471 g/mol. The lowest BCUT2D eigenvalue weighted by Crippen LogP contribution is -2.47. The van der Waals surface area contributed by atoms with Crippen LogP contribution in [0.2, 0.25) is 0 Å². The first kappa shape index (κ1) is 25.1. The number of aliphatic imine (C=N–C) groups is 1. The van der Waals surface area contributed by atoms with Crippen molar-refractivity contribution in [3.05, 3.63) is 0 Å². The predicted molar refractivity (Wildman–Crippen MR) is 129 cm³/mol.